The van der Waals surface area contributed by atoms with Gasteiger partial charge in [-0.05, 0) is 33.2 Å². The molecule has 0 aliphatic rings. The van der Waals surface area contributed by atoms with Crippen molar-refractivity contribution in [3.8, 4) is 0 Å². The van der Waals surface area contributed by atoms with Crippen LogP contribution in [0.3, 0.4) is 0 Å². The second-order valence-electron chi connectivity index (χ2n) is 4.34. The summed E-state index contributed by atoms with van der Waals surface area (Å²) in [4.78, 5) is 14.0. The van der Waals surface area contributed by atoms with E-state index in [-0.39, 0.29) is 5.92 Å². The molecule has 14 heavy (non-hydrogen) atoms. The molecule has 0 aromatic rings. The molecule has 0 aliphatic heterocycles. The van der Waals surface area contributed by atoms with Crippen LogP contribution >= 0.6 is 0 Å². The smallest absolute Gasteiger partial charge is 0.149 e. The molecule has 0 amide bonds. The van der Waals surface area contributed by atoms with Crippen LogP contribution in [0.4, 0.5) is 0 Å². The maximum absolute atomic E-state index is 11.7. The highest BCUT2D eigenvalue weighted by molar-refractivity contribution is 5.82. The van der Waals surface area contributed by atoms with Gasteiger partial charge in [-0.3, -0.25) is 9.69 Å². The second-order valence-corrected chi connectivity index (χ2v) is 4.34. The monoisotopic (exact) mass is 199 g/mol. The number of Topliss-reactive ketones (excluding diaryl/α,β-unsaturated/α-hetero) is 1. The number of nitrogens with zero attached hydrogens (tertiary/aromatic N) is 1. The molecule has 0 radical (unpaired) electrons. The van der Waals surface area contributed by atoms with E-state index in [0.29, 0.717) is 18.4 Å². The molecule has 0 aromatic heterocycles. The largest absolute Gasteiger partial charge is 0.298 e. The van der Waals surface area contributed by atoms with Crippen LogP contribution in [0, 0.1) is 5.92 Å². The molecule has 0 heterocycles. The predicted octanol–water partition coefficient (Wildman–Crippen LogP) is 2.72. The minimum absolute atomic E-state index is 0.216. The highest BCUT2D eigenvalue weighted by Crippen LogP contribution is 2.06. The molecule has 2 heteroatoms. The van der Waals surface area contributed by atoms with Crippen molar-refractivity contribution < 1.29 is 4.79 Å². The summed E-state index contributed by atoms with van der Waals surface area (Å²) in [5.41, 5.74) is 0. The summed E-state index contributed by atoms with van der Waals surface area (Å²) in [6.07, 6.45) is 2.07. The Balaban J connectivity index is 4.08. The molecule has 0 bridgehead atoms. The molecule has 0 aromatic carbocycles. The number of hydrogen-bond acceptors (Lipinski definition) is 2. The van der Waals surface area contributed by atoms with Gasteiger partial charge < -0.3 is 0 Å². The third kappa shape index (κ3) is 4.75. The average Bonchev–Trinajstić information content (AvgIpc) is 2.15. The Morgan fingerprint density at radius 3 is 2.14 bits per heavy atom. The van der Waals surface area contributed by atoms with Crippen molar-refractivity contribution in [1.82, 2.24) is 4.90 Å². The van der Waals surface area contributed by atoms with E-state index in [1.54, 1.807) is 0 Å². The summed E-state index contributed by atoms with van der Waals surface area (Å²) in [6.45, 7) is 12.2. The molecule has 0 saturated carbocycles. The molecule has 0 aliphatic carbocycles. The van der Waals surface area contributed by atoms with E-state index < -0.39 is 0 Å². The van der Waals surface area contributed by atoms with E-state index in [9.17, 15) is 4.79 Å². The van der Waals surface area contributed by atoms with E-state index in [1.807, 2.05) is 6.92 Å². The summed E-state index contributed by atoms with van der Waals surface area (Å²) < 4.78 is 0. The lowest BCUT2D eigenvalue weighted by Crippen LogP contribution is -2.37. The van der Waals surface area contributed by atoms with Crippen LogP contribution in [0.2, 0.25) is 0 Å². The van der Waals surface area contributed by atoms with Crippen molar-refractivity contribution >= 4 is 5.78 Å². The minimum atomic E-state index is 0.216. The normalized spacial score (nSPS) is 13.6. The summed E-state index contributed by atoms with van der Waals surface area (Å²) in [6, 6.07) is 0.475. The minimum Gasteiger partial charge on any atom is -0.298 e. The van der Waals surface area contributed by atoms with Crippen molar-refractivity contribution in [2.24, 2.45) is 5.92 Å². The van der Waals surface area contributed by atoms with Gasteiger partial charge in [0.1, 0.15) is 5.78 Å². The molecule has 0 rings (SSSR count). The first-order valence-electron chi connectivity index (χ1n) is 5.79. The second kappa shape index (κ2) is 6.99. The first kappa shape index (κ1) is 13.6. The van der Waals surface area contributed by atoms with Crippen LogP contribution in [-0.4, -0.2) is 29.8 Å². The molecule has 0 saturated heterocycles. The molecule has 2 nitrogen and oxygen atoms in total. The predicted molar refractivity (Wildman–Crippen MR) is 61.5 cm³/mol. The molecule has 0 fully saturated rings. The van der Waals surface area contributed by atoms with E-state index in [2.05, 4.69) is 32.6 Å². The van der Waals surface area contributed by atoms with Crippen LogP contribution in [0.25, 0.3) is 0 Å². The van der Waals surface area contributed by atoms with Gasteiger partial charge in [0.25, 0.3) is 0 Å². The lowest BCUT2D eigenvalue weighted by atomic mass is 10.0. The number of carbonyl (C=O) groups excluding carboxylic acids is 1. The molecule has 1 atom stereocenters. The molecular formula is C12H25NO. The highest BCUT2D eigenvalue weighted by atomic mass is 16.1. The van der Waals surface area contributed by atoms with Crippen LogP contribution < -0.4 is 0 Å². The maximum atomic E-state index is 11.7. The van der Waals surface area contributed by atoms with Crippen LogP contribution in [-0.2, 0) is 4.79 Å². The lowest BCUT2D eigenvalue weighted by Gasteiger charge is -2.26. The van der Waals surface area contributed by atoms with Crippen LogP contribution in [0.1, 0.15) is 47.5 Å². The number of hydrogen-bond donors (Lipinski definition) is 0. The fourth-order valence-electron chi connectivity index (χ4n) is 1.39. The standard InChI is InChI=1S/C12H25NO/c1-6-8-13(10(3)4)9-12(14)11(5)7-2/h10-11H,6-9H2,1-5H3. The quantitative estimate of drug-likeness (QED) is 0.628. The molecule has 0 N–H and O–H groups in total. The Hall–Kier alpha value is -0.370. The molecular weight excluding hydrogens is 174 g/mol. The fraction of sp³-hybridized carbons (Fsp3) is 0.917. The average molecular weight is 199 g/mol. The summed E-state index contributed by atoms with van der Waals surface area (Å²) in [5, 5.41) is 0. The Labute approximate surface area is 88.7 Å². The van der Waals surface area contributed by atoms with Gasteiger partial charge in [-0.15, -0.1) is 0 Å². The van der Waals surface area contributed by atoms with E-state index in [1.165, 1.54) is 0 Å². The highest BCUT2D eigenvalue weighted by Gasteiger charge is 2.16. The zero-order valence-corrected chi connectivity index (χ0v) is 10.3. The Bertz CT molecular complexity index is 166. The number of ketones is 1. The topological polar surface area (TPSA) is 20.3 Å². The maximum Gasteiger partial charge on any atom is 0.149 e. The Kier molecular flexibility index (Phi) is 6.81. The third-order valence-corrected chi connectivity index (χ3v) is 2.76. The van der Waals surface area contributed by atoms with Crippen molar-refractivity contribution in [3.05, 3.63) is 0 Å². The van der Waals surface area contributed by atoms with E-state index >= 15 is 0 Å². The Morgan fingerprint density at radius 1 is 1.21 bits per heavy atom. The van der Waals surface area contributed by atoms with Gasteiger partial charge in [0, 0.05) is 12.0 Å². The van der Waals surface area contributed by atoms with E-state index in [0.717, 1.165) is 19.4 Å². The summed E-state index contributed by atoms with van der Waals surface area (Å²) >= 11 is 0. The molecule has 1 unspecified atom stereocenters. The van der Waals surface area contributed by atoms with Crippen LogP contribution in [0.15, 0.2) is 0 Å². The first-order valence-corrected chi connectivity index (χ1v) is 5.79. The van der Waals surface area contributed by atoms with Gasteiger partial charge in [-0.2, -0.15) is 0 Å². The van der Waals surface area contributed by atoms with Gasteiger partial charge in [-0.1, -0.05) is 20.8 Å². The summed E-state index contributed by atoms with van der Waals surface area (Å²) in [5.74, 6) is 0.600. The van der Waals surface area contributed by atoms with Crippen molar-refractivity contribution in [2.45, 2.75) is 53.5 Å². The van der Waals surface area contributed by atoms with Gasteiger partial charge in [0.15, 0.2) is 0 Å². The SMILES string of the molecule is CCCN(CC(=O)C(C)CC)C(C)C. The first-order chi connectivity index (χ1) is 6.52. The molecule has 0 spiro atoms. The van der Waals surface area contributed by atoms with Gasteiger partial charge >= 0.3 is 0 Å². The van der Waals surface area contributed by atoms with Crippen molar-refractivity contribution in [1.29, 1.82) is 0 Å². The van der Waals surface area contributed by atoms with Crippen molar-refractivity contribution in [3.63, 3.8) is 0 Å². The van der Waals surface area contributed by atoms with Gasteiger partial charge in [-0.25, -0.2) is 0 Å². The zero-order valence-electron chi connectivity index (χ0n) is 10.3. The molecule has 84 valence electrons. The number of carbonyl (C=O) groups is 1. The van der Waals surface area contributed by atoms with Crippen LogP contribution in [0.5, 0.6) is 0 Å². The van der Waals surface area contributed by atoms with Gasteiger partial charge in [0.2, 0.25) is 0 Å². The Morgan fingerprint density at radius 2 is 1.79 bits per heavy atom. The third-order valence-electron chi connectivity index (χ3n) is 2.76. The number of rotatable bonds is 7. The van der Waals surface area contributed by atoms with E-state index in [4.69, 9.17) is 0 Å². The zero-order chi connectivity index (χ0) is 11.1. The lowest BCUT2D eigenvalue weighted by molar-refractivity contribution is -0.124. The fourth-order valence-corrected chi connectivity index (χ4v) is 1.39. The summed E-state index contributed by atoms with van der Waals surface area (Å²) in [7, 11) is 0. The van der Waals surface area contributed by atoms with Gasteiger partial charge in [0.05, 0.1) is 6.54 Å². The van der Waals surface area contributed by atoms with Crippen molar-refractivity contribution in [2.75, 3.05) is 13.1 Å².